The molecule has 0 saturated carbocycles. The van der Waals surface area contributed by atoms with E-state index in [1.165, 1.54) is 19.1 Å². The van der Waals surface area contributed by atoms with E-state index in [2.05, 4.69) is 5.32 Å². The van der Waals surface area contributed by atoms with Gasteiger partial charge in [-0.1, -0.05) is 0 Å². The second kappa shape index (κ2) is 5.84. The summed E-state index contributed by atoms with van der Waals surface area (Å²) in [4.78, 5) is 58.7. The second-order valence-electron chi connectivity index (χ2n) is 5.49. The van der Waals surface area contributed by atoms with Crippen molar-refractivity contribution in [2.24, 2.45) is 0 Å². The predicted molar refractivity (Wildman–Crippen MR) is 89.5 cm³/mol. The molecule has 0 aliphatic carbocycles. The van der Waals surface area contributed by atoms with Crippen molar-refractivity contribution < 1.29 is 24.3 Å². The number of pyridine rings is 1. The van der Waals surface area contributed by atoms with Crippen LogP contribution in [0.4, 0.5) is 11.5 Å². The van der Waals surface area contributed by atoms with Gasteiger partial charge >= 0.3 is 5.97 Å². The lowest BCUT2D eigenvalue weighted by Gasteiger charge is -2.15. The highest BCUT2D eigenvalue weighted by atomic mass is 16.4. The molecule has 2 aromatic rings. The summed E-state index contributed by atoms with van der Waals surface area (Å²) >= 11 is 0. The largest absolute Gasteiger partial charge is 0.478 e. The molecule has 10 heteroatoms. The number of carbonyl (C=O) groups is 4. The van der Waals surface area contributed by atoms with Gasteiger partial charge in [-0.25, -0.2) is 4.79 Å². The highest BCUT2D eigenvalue weighted by molar-refractivity contribution is 6.23. The fraction of sp³-hybridized carbons (Fsp3) is 0.0625. The first kappa shape index (κ1) is 16.9. The Morgan fingerprint density at radius 3 is 2.46 bits per heavy atom. The zero-order valence-corrected chi connectivity index (χ0v) is 13.3. The van der Waals surface area contributed by atoms with Gasteiger partial charge in [0.15, 0.2) is 0 Å². The Labute approximate surface area is 145 Å². The van der Waals surface area contributed by atoms with Gasteiger partial charge in [0.05, 0.1) is 22.4 Å². The Kier molecular flexibility index (Phi) is 3.80. The summed E-state index contributed by atoms with van der Waals surface area (Å²) in [6.45, 7) is 1.26. The molecule has 2 heterocycles. The predicted octanol–water partition coefficient (Wildman–Crippen LogP) is -0.0401. The molecule has 0 unspecified atom stereocenters. The first-order valence-corrected chi connectivity index (χ1v) is 7.27. The number of nitrogen functional groups attached to an aromatic ring is 1. The molecule has 0 bridgehead atoms. The van der Waals surface area contributed by atoms with Crippen LogP contribution in [0.5, 0.6) is 0 Å². The number of aromatic nitrogens is 1. The summed E-state index contributed by atoms with van der Waals surface area (Å²) in [5, 5.41) is 13.9. The van der Waals surface area contributed by atoms with Crippen LogP contribution in [-0.4, -0.2) is 33.4 Å². The number of carboxylic acid groups (broad SMARTS) is 1. The molecule has 0 radical (unpaired) electrons. The highest BCUT2D eigenvalue weighted by Gasteiger charge is 2.32. The van der Waals surface area contributed by atoms with Gasteiger partial charge < -0.3 is 16.2 Å². The third-order valence-electron chi connectivity index (χ3n) is 3.74. The summed E-state index contributed by atoms with van der Waals surface area (Å²) in [6, 6.07) is 4.73. The standard InChI is InChI=1S/C16H12N4O6/c1-6(21)18-7-2-3-10(8(4-7)16(25)26)20-11(22)5-9-12(13(20)17)15(24)19-14(9)23/h2-5H,17H2,1H3,(H,18,21)(H,25,26)(H,19,23,24). The van der Waals surface area contributed by atoms with Gasteiger partial charge in [-0.3, -0.25) is 29.1 Å². The number of nitrogens with zero attached hydrogens (tertiary/aromatic N) is 1. The molecular formula is C16H12N4O6. The van der Waals surface area contributed by atoms with Crippen LogP contribution in [0.25, 0.3) is 5.69 Å². The lowest BCUT2D eigenvalue weighted by Crippen LogP contribution is -2.25. The number of imide groups is 1. The summed E-state index contributed by atoms with van der Waals surface area (Å²) in [5.41, 5.74) is 4.53. The van der Waals surface area contributed by atoms with Crippen molar-refractivity contribution >= 4 is 35.2 Å². The number of carbonyl (C=O) groups excluding carboxylic acids is 3. The zero-order chi connectivity index (χ0) is 19.2. The number of anilines is 2. The molecule has 1 aliphatic rings. The van der Waals surface area contributed by atoms with E-state index in [1.54, 1.807) is 0 Å². The van der Waals surface area contributed by atoms with Crippen LogP contribution < -0.4 is 21.9 Å². The number of amides is 3. The van der Waals surface area contributed by atoms with Crippen LogP contribution >= 0.6 is 0 Å². The van der Waals surface area contributed by atoms with E-state index in [0.29, 0.717) is 0 Å². The van der Waals surface area contributed by atoms with Crippen molar-refractivity contribution in [3.05, 3.63) is 51.3 Å². The summed E-state index contributed by atoms with van der Waals surface area (Å²) in [5.74, 6) is -3.66. The van der Waals surface area contributed by atoms with E-state index < -0.39 is 29.3 Å². The van der Waals surface area contributed by atoms with Crippen molar-refractivity contribution in [2.45, 2.75) is 6.92 Å². The maximum Gasteiger partial charge on any atom is 0.337 e. The fourth-order valence-electron chi connectivity index (χ4n) is 2.71. The van der Waals surface area contributed by atoms with Crippen molar-refractivity contribution in [2.75, 3.05) is 11.1 Å². The van der Waals surface area contributed by atoms with Gasteiger partial charge in [-0.15, -0.1) is 0 Å². The molecule has 10 nitrogen and oxygen atoms in total. The van der Waals surface area contributed by atoms with Crippen molar-refractivity contribution in [3.8, 4) is 5.69 Å². The Balaban J connectivity index is 2.28. The maximum absolute atomic E-state index is 12.4. The first-order chi connectivity index (χ1) is 12.2. The van der Waals surface area contributed by atoms with E-state index in [1.807, 2.05) is 5.32 Å². The van der Waals surface area contributed by atoms with E-state index in [-0.39, 0.29) is 33.9 Å². The lowest BCUT2D eigenvalue weighted by atomic mass is 10.1. The van der Waals surface area contributed by atoms with Crippen LogP contribution in [0.2, 0.25) is 0 Å². The highest BCUT2D eigenvalue weighted by Crippen LogP contribution is 2.26. The molecule has 1 aromatic heterocycles. The van der Waals surface area contributed by atoms with Crippen LogP contribution in [0.15, 0.2) is 29.1 Å². The monoisotopic (exact) mass is 356 g/mol. The number of fused-ring (bicyclic) bond motifs is 1. The molecule has 5 N–H and O–H groups in total. The molecule has 1 aliphatic heterocycles. The Morgan fingerprint density at radius 1 is 1.15 bits per heavy atom. The average Bonchev–Trinajstić information content (AvgIpc) is 2.82. The number of nitrogens with two attached hydrogens (primary N) is 1. The number of aromatic carboxylic acids is 1. The number of nitrogens with one attached hydrogen (secondary N) is 2. The van der Waals surface area contributed by atoms with Crippen LogP contribution in [0.1, 0.15) is 38.0 Å². The van der Waals surface area contributed by atoms with E-state index in [0.717, 1.165) is 16.7 Å². The topological polar surface area (TPSA) is 161 Å². The van der Waals surface area contributed by atoms with Gasteiger partial charge in [0.25, 0.3) is 17.4 Å². The minimum Gasteiger partial charge on any atom is -0.478 e. The van der Waals surface area contributed by atoms with Gasteiger partial charge in [0.1, 0.15) is 5.82 Å². The smallest absolute Gasteiger partial charge is 0.337 e. The Morgan fingerprint density at radius 2 is 1.85 bits per heavy atom. The van der Waals surface area contributed by atoms with Crippen molar-refractivity contribution in [3.63, 3.8) is 0 Å². The Bertz CT molecular complexity index is 1070. The van der Waals surface area contributed by atoms with E-state index in [9.17, 15) is 29.1 Å². The average molecular weight is 356 g/mol. The number of benzene rings is 1. The molecule has 0 atom stereocenters. The van der Waals surface area contributed by atoms with Crippen LogP contribution in [0, 0.1) is 0 Å². The van der Waals surface area contributed by atoms with Crippen LogP contribution in [0.3, 0.4) is 0 Å². The van der Waals surface area contributed by atoms with E-state index >= 15 is 0 Å². The SMILES string of the molecule is CC(=O)Nc1ccc(-n2c(N)c3c(cc2=O)C(=O)NC3=O)c(C(=O)O)c1. The number of carboxylic acids is 1. The molecule has 26 heavy (non-hydrogen) atoms. The molecule has 1 aromatic carbocycles. The zero-order valence-electron chi connectivity index (χ0n) is 13.3. The molecule has 132 valence electrons. The number of hydrogen-bond acceptors (Lipinski definition) is 6. The Hall–Kier alpha value is -3.95. The maximum atomic E-state index is 12.4. The molecule has 0 spiro atoms. The molecular weight excluding hydrogens is 344 g/mol. The third-order valence-corrected chi connectivity index (χ3v) is 3.74. The lowest BCUT2D eigenvalue weighted by molar-refractivity contribution is -0.114. The van der Waals surface area contributed by atoms with E-state index in [4.69, 9.17) is 5.73 Å². The summed E-state index contributed by atoms with van der Waals surface area (Å²) in [7, 11) is 0. The normalized spacial score (nSPS) is 12.5. The van der Waals surface area contributed by atoms with Crippen molar-refractivity contribution in [1.82, 2.24) is 9.88 Å². The third kappa shape index (κ3) is 2.59. The van der Waals surface area contributed by atoms with Gasteiger partial charge in [0.2, 0.25) is 5.91 Å². The van der Waals surface area contributed by atoms with Gasteiger partial charge in [0, 0.05) is 18.7 Å². The first-order valence-electron chi connectivity index (χ1n) is 7.27. The number of hydrogen-bond donors (Lipinski definition) is 4. The quantitative estimate of drug-likeness (QED) is 0.561. The van der Waals surface area contributed by atoms with Crippen molar-refractivity contribution in [1.29, 1.82) is 0 Å². The number of rotatable bonds is 3. The molecule has 3 amide bonds. The van der Waals surface area contributed by atoms with Gasteiger partial charge in [-0.05, 0) is 18.2 Å². The second-order valence-corrected chi connectivity index (χ2v) is 5.49. The minimum absolute atomic E-state index is 0.107. The fourth-order valence-corrected chi connectivity index (χ4v) is 2.71. The van der Waals surface area contributed by atoms with Gasteiger partial charge in [-0.2, -0.15) is 0 Å². The van der Waals surface area contributed by atoms with Crippen LogP contribution in [-0.2, 0) is 4.79 Å². The molecule has 0 fully saturated rings. The summed E-state index contributed by atoms with van der Waals surface area (Å²) < 4.78 is 0.831. The summed E-state index contributed by atoms with van der Waals surface area (Å²) in [6.07, 6.45) is 0. The molecule has 0 saturated heterocycles. The minimum atomic E-state index is -1.38. The molecule has 3 rings (SSSR count).